The molecule has 0 bridgehead atoms. The summed E-state index contributed by atoms with van der Waals surface area (Å²) in [5, 5.41) is 2.88. The molecule has 1 rings (SSSR count). The Labute approximate surface area is 97.5 Å². The molecule has 16 heavy (non-hydrogen) atoms. The normalized spacial score (nSPS) is 10.8. The summed E-state index contributed by atoms with van der Waals surface area (Å²) in [6, 6.07) is 10.4. The van der Waals surface area contributed by atoms with Crippen LogP contribution in [-0.2, 0) is 11.3 Å². The third-order valence-electron chi connectivity index (χ3n) is 2.16. The Balaban J connectivity index is 2.36. The van der Waals surface area contributed by atoms with E-state index in [1.54, 1.807) is 0 Å². The van der Waals surface area contributed by atoms with Crippen LogP contribution in [0.3, 0.4) is 0 Å². The van der Waals surface area contributed by atoms with Gasteiger partial charge in [-0.15, -0.1) is 0 Å². The van der Waals surface area contributed by atoms with Gasteiger partial charge in [0.05, 0.1) is 6.54 Å². The van der Waals surface area contributed by atoms with E-state index in [2.05, 4.69) is 17.4 Å². The summed E-state index contributed by atoms with van der Waals surface area (Å²) in [7, 11) is 1.95. The largest absolute Gasteiger partial charge is 0.353 e. The summed E-state index contributed by atoms with van der Waals surface area (Å²) in [6.07, 6.45) is 0. The van der Waals surface area contributed by atoms with E-state index >= 15 is 0 Å². The van der Waals surface area contributed by atoms with E-state index in [0.717, 1.165) is 6.54 Å². The van der Waals surface area contributed by atoms with Crippen LogP contribution in [0.1, 0.15) is 19.4 Å². The van der Waals surface area contributed by atoms with Gasteiger partial charge < -0.3 is 5.32 Å². The summed E-state index contributed by atoms with van der Waals surface area (Å²) in [5.41, 5.74) is 1.22. The molecule has 1 aromatic carbocycles. The number of nitrogens with one attached hydrogen (secondary N) is 1. The van der Waals surface area contributed by atoms with Crippen molar-refractivity contribution in [1.29, 1.82) is 0 Å². The molecule has 0 aliphatic carbocycles. The summed E-state index contributed by atoms with van der Waals surface area (Å²) in [6.45, 7) is 5.17. The van der Waals surface area contributed by atoms with Crippen molar-refractivity contribution >= 4 is 5.91 Å². The molecule has 1 aromatic rings. The standard InChI is InChI=1S/C13H20N2O/c1-11(2)14-13(16)10-15(3)9-12-7-5-4-6-8-12/h4-8,11H,9-10H2,1-3H3,(H,14,16). The first kappa shape index (κ1) is 12.7. The summed E-state index contributed by atoms with van der Waals surface area (Å²) in [4.78, 5) is 13.5. The van der Waals surface area contributed by atoms with Gasteiger partial charge in [-0.2, -0.15) is 0 Å². The summed E-state index contributed by atoms with van der Waals surface area (Å²) in [5.74, 6) is 0.0773. The van der Waals surface area contributed by atoms with Crippen molar-refractivity contribution < 1.29 is 4.79 Å². The Hall–Kier alpha value is -1.35. The average molecular weight is 220 g/mol. The van der Waals surface area contributed by atoms with Gasteiger partial charge in [-0.1, -0.05) is 30.3 Å². The molecule has 0 unspecified atom stereocenters. The third-order valence-corrected chi connectivity index (χ3v) is 2.16. The molecular weight excluding hydrogens is 200 g/mol. The van der Waals surface area contributed by atoms with Crippen LogP contribution in [0.5, 0.6) is 0 Å². The van der Waals surface area contributed by atoms with E-state index < -0.39 is 0 Å². The van der Waals surface area contributed by atoms with Crippen LogP contribution in [0.4, 0.5) is 0 Å². The molecular formula is C13H20N2O. The quantitative estimate of drug-likeness (QED) is 0.818. The molecule has 0 saturated heterocycles. The van der Waals surface area contributed by atoms with Crippen LogP contribution in [0.2, 0.25) is 0 Å². The Kier molecular flexibility index (Phi) is 4.99. The van der Waals surface area contributed by atoms with E-state index in [-0.39, 0.29) is 11.9 Å². The minimum absolute atomic E-state index is 0.0773. The number of carbonyl (C=O) groups is 1. The zero-order valence-electron chi connectivity index (χ0n) is 10.2. The van der Waals surface area contributed by atoms with Gasteiger partial charge in [0.25, 0.3) is 0 Å². The van der Waals surface area contributed by atoms with Crippen LogP contribution in [-0.4, -0.2) is 30.4 Å². The van der Waals surface area contributed by atoms with Crippen LogP contribution >= 0.6 is 0 Å². The summed E-state index contributed by atoms with van der Waals surface area (Å²) < 4.78 is 0. The van der Waals surface area contributed by atoms with Crippen LogP contribution in [0, 0.1) is 0 Å². The molecule has 0 aromatic heterocycles. The minimum atomic E-state index is 0.0773. The molecule has 88 valence electrons. The molecule has 3 nitrogen and oxygen atoms in total. The molecule has 0 spiro atoms. The number of likely N-dealkylation sites (N-methyl/N-ethyl adjacent to an activating group) is 1. The van der Waals surface area contributed by atoms with Crippen molar-refractivity contribution in [3.8, 4) is 0 Å². The number of carbonyl (C=O) groups excluding carboxylic acids is 1. The molecule has 0 saturated carbocycles. The summed E-state index contributed by atoms with van der Waals surface area (Å²) >= 11 is 0. The molecule has 0 atom stereocenters. The van der Waals surface area contributed by atoms with E-state index in [0.29, 0.717) is 6.54 Å². The third kappa shape index (κ3) is 4.94. The predicted molar refractivity (Wildman–Crippen MR) is 66.1 cm³/mol. The van der Waals surface area contributed by atoms with Crippen molar-refractivity contribution in [2.24, 2.45) is 0 Å². The van der Waals surface area contributed by atoms with Gasteiger partial charge in [0.1, 0.15) is 0 Å². The Bertz CT molecular complexity index is 322. The van der Waals surface area contributed by atoms with Crippen molar-refractivity contribution in [3.63, 3.8) is 0 Å². The number of rotatable bonds is 5. The maximum absolute atomic E-state index is 11.5. The minimum Gasteiger partial charge on any atom is -0.353 e. The first-order chi connectivity index (χ1) is 7.58. The second kappa shape index (κ2) is 6.28. The highest BCUT2D eigenvalue weighted by atomic mass is 16.2. The molecule has 1 N–H and O–H groups in total. The van der Waals surface area contributed by atoms with Gasteiger partial charge in [-0.05, 0) is 26.5 Å². The first-order valence-electron chi connectivity index (χ1n) is 5.59. The van der Waals surface area contributed by atoms with Crippen molar-refractivity contribution in [3.05, 3.63) is 35.9 Å². The molecule has 0 fully saturated rings. The smallest absolute Gasteiger partial charge is 0.234 e. The van der Waals surface area contributed by atoms with Crippen molar-refractivity contribution in [1.82, 2.24) is 10.2 Å². The Morgan fingerprint density at radius 2 is 1.94 bits per heavy atom. The molecule has 0 aliphatic rings. The van der Waals surface area contributed by atoms with Gasteiger partial charge in [-0.3, -0.25) is 9.69 Å². The highest BCUT2D eigenvalue weighted by Gasteiger charge is 2.07. The SMILES string of the molecule is CC(C)NC(=O)CN(C)Cc1ccccc1. The van der Waals surface area contributed by atoms with Gasteiger partial charge >= 0.3 is 0 Å². The van der Waals surface area contributed by atoms with Crippen molar-refractivity contribution in [2.45, 2.75) is 26.4 Å². The molecule has 0 heterocycles. The number of nitrogens with zero attached hydrogens (tertiary/aromatic N) is 1. The Morgan fingerprint density at radius 1 is 1.31 bits per heavy atom. The van der Waals surface area contributed by atoms with Gasteiger partial charge in [0.2, 0.25) is 5.91 Å². The van der Waals surface area contributed by atoms with Gasteiger partial charge in [-0.25, -0.2) is 0 Å². The van der Waals surface area contributed by atoms with E-state index in [1.165, 1.54) is 5.56 Å². The lowest BCUT2D eigenvalue weighted by atomic mass is 10.2. The predicted octanol–water partition coefficient (Wildman–Crippen LogP) is 1.64. The number of hydrogen-bond donors (Lipinski definition) is 1. The zero-order chi connectivity index (χ0) is 12.0. The number of amides is 1. The van der Waals surface area contributed by atoms with Crippen molar-refractivity contribution in [2.75, 3.05) is 13.6 Å². The lowest BCUT2D eigenvalue weighted by molar-refractivity contribution is -0.122. The Morgan fingerprint density at radius 3 is 2.50 bits per heavy atom. The fraction of sp³-hybridized carbons (Fsp3) is 0.462. The fourth-order valence-corrected chi connectivity index (χ4v) is 1.56. The van der Waals surface area contributed by atoms with E-state index in [4.69, 9.17) is 0 Å². The van der Waals surface area contributed by atoms with Crippen LogP contribution in [0.15, 0.2) is 30.3 Å². The highest BCUT2D eigenvalue weighted by molar-refractivity contribution is 5.78. The van der Waals surface area contributed by atoms with E-state index in [9.17, 15) is 4.79 Å². The zero-order valence-corrected chi connectivity index (χ0v) is 10.2. The fourth-order valence-electron chi connectivity index (χ4n) is 1.56. The molecule has 0 aliphatic heterocycles. The number of hydrogen-bond acceptors (Lipinski definition) is 2. The van der Waals surface area contributed by atoms with Crippen LogP contribution < -0.4 is 5.32 Å². The molecule has 1 amide bonds. The second-order valence-electron chi connectivity index (χ2n) is 4.38. The maximum atomic E-state index is 11.5. The van der Waals surface area contributed by atoms with Gasteiger partial charge in [0, 0.05) is 12.6 Å². The topological polar surface area (TPSA) is 32.3 Å². The average Bonchev–Trinajstić information content (AvgIpc) is 2.17. The molecule has 0 radical (unpaired) electrons. The monoisotopic (exact) mass is 220 g/mol. The lowest BCUT2D eigenvalue weighted by Crippen LogP contribution is -2.38. The van der Waals surface area contributed by atoms with E-state index in [1.807, 2.05) is 44.0 Å². The lowest BCUT2D eigenvalue weighted by Gasteiger charge is -2.17. The number of benzene rings is 1. The van der Waals surface area contributed by atoms with Gasteiger partial charge in [0.15, 0.2) is 0 Å². The second-order valence-corrected chi connectivity index (χ2v) is 4.38. The maximum Gasteiger partial charge on any atom is 0.234 e. The molecule has 3 heteroatoms. The van der Waals surface area contributed by atoms with Crippen LogP contribution in [0.25, 0.3) is 0 Å². The highest BCUT2D eigenvalue weighted by Crippen LogP contribution is 2.01. The first-order valence-corrected chi connectivity index (χ1v) is 5.59.